The summed E-state index contributed by atoms with van der Waals surface area (Å²) < 4.78 is 17.6. The van der Waals surface area contributed by atoms with Gasteiger partial charge in [0.25, 0.3) is 5.56 Å². The number of fused-ring (bicyclic) bond motifs is 1. The molecule has 0 saturated carbocycles. The second kappa shape index (κ2) is 8.49. The maximum Gasteiger partial charge on any atom is 0.280 e. The van der Waals surface area contributed by atoms with Gasteiger partial charge in [-0.2, -0.15) is 0 Å². The fraction of sp³-hybridized carbons (Fsp3) is 0.304. The van der Waals surface area contributed by atoms with Gasteiger partial charge in [0.15, 0.2) is 11.5 Å². The third-order valence-corrected chi connectivity index (χ3v) is 5.09. The van der Waals surface area contributed by atoms with Crippen molar-refractivity contribution in [1.82, 2.24) is 9.78 Å². The van der Waals surface area contributed by atoms with Crippen molar-refractivity contribution < 1.29 is 14.2 Å². The predicted molar refractivity (Wildman–Crippen MR) is 115 cm³/mol. The van der Waals surface area contributed by atoms with E-state index in [0.717, 1.165) is 47.0 Å². The lowest BCUT2D eigenvalue weighted by Crippen LogP contribution is -2.19. The number of aliphatic imine (C=N–C) groups is 1. The van der Waals surface area contributed by atoms with Crippen LogP contribution in [0, 0.1) is 0 Å². The minimum atomic E-state index is -0.101. The van der Waals surface area contributed by atoms with Gasteiger partial charge >= 0.3 is 0 Å². The molecule has 7 heteroatoms. The van der Waals surface area contributed by atoms with Crippen molar-refractivity contribution in [2.45, 2.75) is 33.2 Å². The largest absolute Gasteiger partial charge is 0.497 e. The van der Waals surface area contributed by atoms with Crippen molar-refractivity contribution in [2.24, 2.45) is 4.99 Å². The molecule has 0 unspecified atom stereocenters. The first kappa shape index (κ1) is 19.8. The maximum absolute atomic E-state index is 13.2. The van der Waals surface area contributed by atoms with Crippen LogP contribution in [0.2, 0.25) is 0 Å². The summed E-state index contributed by atoms with van der Waals surface area (Å²) in [6.07, 6.45) is 1.69. The van der Waals surface area contributed by atoms with Gasteiger partial charge in [0, 0.05) is 11.4 Å². The van der Waals surface area contributed by atoms with Crippen LogP contribution < -0.4 is 19.8 Å². The quantitative estimate of drug-likeness (QED) is 0.603. The SMILES string of the molecule is CCCc1[nH]n(-c2ccc(OC)cc2)c(=O)c1C(C)=NCc1ccc2c(c1)OCO2. The molecule has 4 rings (SSSR count). The molecule has 0 fully saturated rings. The second-order valence-corrected chi connectivity index (χ2v) is 7.14. The number of methoxy groups -OCH3 is 1. The summed E-state index contributed by atoms with van der Waals surface area (Å²) in [7, 11) is 1.62. The Hall–Kier alpha value is -3.48. The van der Waals surface area contributed by atoms with Crippen molar-refractivity contribution in [2.75, 3.05) is 13.9 Å². The molecule has 0 spiro atoms. The molecule has 1 N–H and O–H groups in total. The number of ether oxygens (including phenoxy) is 3. The van der Waals surface area contributed by atoms with Crippen molar-refractivity contribution in [3.05, 3.63) is 69.6 Å². The molecule has 1 aromatic heterocycles. The number of benzene rings is 2. The number of aromatic nitrogens is 2. The van der Waals surface area contributed by atoms with Gasteiger partial charge in [-0.15, -0.1) is 0 Å². The van der Waals surface area contributed by atoms with E-state index in [1.807, 2.05) is 49.4 Å². The van der Waals surface area contributed by atoms with Crippen LogP contribution in [0.5, 0.6) is 17.2 Å². The summed E-state index contributed by atoms with van der Waals surface area (Å²) in [6, 6.07) is 13.2. The maximum atomic E-state index is 13.2. The minimum absolute atomic E-state index is 0.101. The number of aryl methyl sites for hydroxylation is 1. The van der Waals surface area contributed by atoms with E-state index < -0.39 is 0 Å². The Bertz CT molecular complexity index is 1130. The lowest BCUT2D eigenvalue weighted by Gasteiger charge is -2.03. The van der Waals surface area contributed by atoms with Crippen LogP contribution in [0.1, 0.15) is 37.1 Å². The Morgan fingerprint density at radius 2 is 1.93 bits per heavy atom. The van der Waals surface area contributed by atoms with Gasteiger partial charge in [-0.3, -0.25) is 14.9 Å². The highest BCUT2D eigenvalue weighted by Crippen LogP contribution is 2.32. The molecule has 1 aliphatic heterocycles. The molecular formula is C23H25N3O4. The Labute approximate surface area is 174 Å². The molecule has 3 aromatic rings. The standard InChI is InChI=1S/C23H25N3O4/c1-4-5-19-22(23(27)26(25-19)17-7-9-18(28-3)10-8-17)15(2)24-13-16-6-11-20-21(12-16)30-14-29-20/h6-12,25H,4-5,13-14H2,1-3H3. The van der Waals surface area contributed by atoms with Crippen LogP contribution >= 0.6 is 0 Å². The zero-order valence-electron chi connectivity index (χ0n) is 17.4. The first-order valence-electron chi connectivity index (χ1n) is 9.99. The molecule has 30 heavy (non-hydrogen) atoms. The first-order chi connectivity index (χ1) is 14.6. The molecule has 0 aliphatic carbocycles. The van der Waals surface area contributed by atoms with Crippen LogP contribution in [-0.4, -0.2) is 29.4 Å². The Morgan fingerprint density at radius 1 is 1.17 bits per heavy atom. The van der Waals surface area contributed by atoms with E-state index in [4.69, 9.17) is 19.2 Å². The summed E-state index contributed by atoms with van der Waals surface area (Å²) in [6.45, 7) is 4.68. The van der Waals surface area contributed by atoms with Crippen LogP contribution in [-0.2, 0) is 13.0 Å². The number of hydrogen-bond donors (Lipinski definition) is 1. The predicted octanol–water partition coefficient (Wildman–Crippen LogP) is 3.86. The van der Waals surface area contributed by atoms with Crippen molar-refractivity contribution >= 4 is 5.71 Å². The van der Waals surface area contributed by atoms with Crippen LogP contribution in [0.25, 0.3) is 5.69 Å². The number of hydrogen-bond acceptors (Lipinski definition) is 5. The average Bonchev–Trinajstić information content (AvgIpc) is 3.36. The zero-order valence-corrected chi connectivity index (χ0v) is 17.4. The summed E-state index contributed by atoms with van der Waals surface area (Å²) in [5.74, 6) is 2.22. The molecular weight excluding hydrogens is 382 g/mol. The van der Waals surface area contributed by atoms with Crippen molar-refractivity contribution in [3.63, 3.8) is 0 Å². The summed E-state index contributed by atoms with van der Waals surface area (Å²) in [5.41, 5.74) is 3.90. The van der Waals surface area contributed by atoms with Gasteiger partial charge in [0.1, 0.15) is 5.75 Å². The molecule has 156 valence electrons. The van der Waals surface area contributed by atoms with E-state index in [1.54, 1.807) is 11.8 Å². The van der Waals surface area contributed by atoms with E-state index in [1.165, 1.54) is 0 Å². The highest BCUT2D eigenvalue weighted by molar-refractivity contribution is 5.99. The van der Waals surface area contributed by atoms with Gasteiger partial charge in [0.2, 0.25) is 6.79 Å². The Morgan fingerprint density at radius 3 is 2.67 bits per heavy atom. The molecule has 0 atom stereocenters. The topological polar surface area (TPSA) is 77.8 Å². The zero-order chi connectivity index (χ0) is 21.1. The molecule has 7 nitrogen and oxygen atoms in total. The third kappa shape index (κ3) is 3.83. The van der Waals surface area contributed by atoms with E-state index >= 15 is 0 Å². The molecule has 0 radical (unpaired) electrons. The van der Waals surface area contributed by atoms with E-state index in [-0.39, 0.29) is 12.4 Å². The molecule has 0 bridgehead atoms. The summed E-state index contributed by atoms with van der Waals surface area (Å²) >= 11 is 0. The van der Waals surface area contributed by atoms with Crippen molar-refractivity contribution in [3.8, 4) is 22.9 Å². The number of aromatic amines is 1. The lowest BCUT2D eigenvalue weighted by molar-refractivity contribution is 0.174. The summed E-state index contributed by atoms with van der Waals surface area (Å²) in [4.78, 5) is 17.9. The van der Waals surface area contributed by atoms with Crippen molar-refractivity contribution in [1.29, 1.82) is 0 Å². The number of rotatable bonds is 7. The third-order valence-electron chi connectivity index (χ3n) is 5.09. The van der Waals surface area contributed by atoms with E-state index in [2.05, 4.69) is 12.0 Å². The van der Waals surface area contributed by atoms with E-state index in [0.29, 0.717) is 17.8 Å². The smallest absolute Gasteiger partial charge is 0.280 e. The van der Waals surface area contributed by atoms with Gasteiger partial charge in [-0.1, -0.05) is 19.4 Å². The van der Waals surface area contributed by atoms with Crippen LogP contribution in [0.3, 0.4) is 0 Å². The van der Waals surface area contributed by atoms with Crippen LogP contribution in [0.15, 0.2) is 52.3 Å². The first-order valence-corrected chi connectivity index (χ1v) is 9.99. The molecule has 2 heterocycles. The van der Waals surface area contributed by atoms with Gasteiger partial charge < -0.3 is 14.2 Å². The molecule has 2 aromatic carbocycles. The fourth-order valence-corrected chi connectivity index (χ4v) is 3.53. The average molecular weight is 407 g/mol. The summed E-state index contributed by atoms with van der Waals surface area (Å²) in [5, 5.41) is 3.26. The lowest BCUT2D eigenvalue weighted by atomic mass is 10.1. The Kier molecular flexibility index (Phi) is 5.61. The number of nitrogens with one attached hydrogen (secondary N) is 1. The van der Waals surface area contributed by atoms with Crippen LogP contribution in [0.4, 0.5) is 0 Å². The minimum Gasteiger partial charge on any atom is -0.497 e. The highest BCUT2D eigenvalue weighted by atomic mass is 16.7. The monoisotopic (exact) mass is 407 g/mol. The number of nitrogens with zero attached hydrogens (tertiary/aromatic N) is 2. The fourth-order valence-electron chi connectivity index (χ4n) is 3.53. The molecule has 1 aliphatic rings. The van der Waals surface area contributed by atoms with Gasteiger partial charge in [-0.05, 0) is 55.3 Å². The van der Waals surface area contributed by atoms with Gasteiger partial charge in [0.05, 0.1) is 24.9 Å². The highest BCUT2D eigenvalue weighted by Gasteiger charge is 2.18. The number of H-pyrrole nitrogens is 1. The normalized spacial score (nSPS) is 13.0. The molecule has 0 saturated heterocycles. The van der Waals surface area contributed by atoms with Gasteiger partial charge in [-0.25, -0.2) is 4.68 Å². The van der Waals surface area contributed by atoms with E-state index in [9.17, 15) is 4.79 Å². The second-order valence-electron chi connectivity index (χ2n) is 7.14. The Balaban J connectivity index is 1.65. The molecule has 0 amide bonds.